The Morgan fingerprint density at radius 1 is 1.05 bits per heavy atom. The van der Waals surface area contributed by atoms with E-state index < -0.39 is 17.7 Å². The first kappa shape index (κ1) is 15.4. The van der Waals surface area contributed by atoms with Crippen LogP contribution in [0.2, 0.25) is 0 Å². The Bertz CT molecular complexity index is 655. The summed E-state index contributed by atoms with van der Waals surface area (Å²) in [5, 5.41) is 3.04. The summed E-state index contributed by atoms with van der Waals surface area (Å²) in [7, 11) is 3.30. The fourth-order valence-corrected chi connectivity index (χ4v) is 2.53. The van der Waals surface area contributed by atoms with Crippen molar-refractivity contribution in [2.75, 3.05) is 14.2 Å². The van der Waals surface area contributed by atoms with Crippen LogP contribution in [0.15, 0.2) is 30.3 Å². The van der Waals surface area contributed by atoms with E-state index in [4.69, 9.17) is 4.74 Å². The maximum Gasteiger partial charge on any atom is 0.163 e. The van der Waals surface area contributed by atoms with Crippen molar-refractivity contribution in [3.8, 4) is 5.75 Å². The van der Waals surface area contributed by atoms with Crippen LogP contribution in [-0.2, 0) is 0 Å². The van der Waals surface area contributed by atoms with Crippen LogP contribution in [0.1, 0.15) is 28.3 Å². The predicted molar refractivity (Wildman–Crippen MR) is 79.7 cm³/mol. The molecule has 0 aliphatic carbocycles. The molecule has 2 rings (SSSR count). The Morgan fingerprint density at radius 3 is 2.38 bits per heavy atom. The molecule has 0 fully saturated rings. The van der Waals surface area contributed by atoms with E-state index in [0.29, 0.717) is 5.75 Å². The van der Waals surface area contributed by atoms with Gasteiger partial charge >= 0.3 is 0 Å². The predicted octanol–water partition coefficient (Wildman–Crippen LogP) is 3.90. The minimum absolute atomic E-state index is 0.263. The van der Waals surface area contributed by atoms with Gasteiger partial charge in [0.25, 0.3) is 0 Å². The molecule has 2 aromatic rings. The molecule has 1 unspecified atom stereocenters. The van der Waals surface area contributed by atoms with Gasteiger partial charge in [0.15, 0.2) is 11.6 Å². The van der Waals surface area contributed by atoms with Crippen molar-refractivity contribution in [3.05, 3.63) is 64.2 Å². The largest absolute Gasteiger partial charge is 0.496 e. The highest BCUT2D eigenvalue weighted by Gasteiger charge is 2.22. The summed E-state index contributed by atoms with van der Waals surface area (Å²) in [5.74, 6) is -0.995. The Kier molecular flexibility index (Phi) is 4.58. The minimum atomic E-state index is -0.851. The zero-order valence-corrected chi connectivity index (χ0v) is 12.6. The second-order valence-corrected chi connectivity index (χ2v) is 4.99. The van der Waals surface area contributed by atoms with Gasteiger partial charge in [-0.05, 0) is 38.1 Å². The van der Waals surface area contributed by atoms with Crippen LogP contribution in [0, 0.1) is 25.5 Å². The molecule has 0 aromatic heterocycles. The van der Waals surface area contributed by atoms with Crippen LogP contribution in [0.5, 0.6) is 5.75 Å². The van der Waals surface area contributed by atoms with Crippen molar-refractivity contribution in [1.29, 1.82) is 0 Å². The molecular weight excluding hydrogens is 272 g/mol. The molecule has 0 radical (unpaired) electrons. The van der Waals surface area contributed by atoms with E-state index in [0.717, 1.165) is 22.8 Å². The molecule has 0 saturated heterocycles. The fraction of sp³-hybridized carbons (Fsp3) is 0.294. The van der Waals surface area contributed by atoms with E-state index in [1.807, 2.05) is 26.0 Å². The molecule has 0 heterocycles. The van der Waals surface area contributed by atoms with Crippen molar-refractivity contribution < 1.29 is 13.5 Å². The molecule has 112 valence electrons. The lowest BCUT2D eigenvalue weighted by Gasteiger charge is -2.22. The number of rotatable bonds is 4. The summed E-state index contributed by atoms with van der Waals surface area (Å²) in [6, 6.07) is 7.56. The van der Waals surface area contributed by atoms with Gasteiger partial charge in [-0.25, -0.2) is 8.78 Å². The molecule has 4 heteroatoms. The van der Waals surface area contributed by atoms with E-state index in [-0.39, 0.29) is 5.56 Å². The maximum absolute atomic E-state index is 14.1. The van der Waals surface area contributed by atoms with Crippen LogP contribution < -0.4 is 10.1 Å². The average molecular weight is 291 g/mol. The number of hydrogen-bond acceptors (Lipinski definition) is 2. The molecule has 0 bridgehead atoms. The third-order valence-corrected chi connectivity index (χ3v) is 3.80. The standard InChI is InChI=1S/C17H19F2NO/c1-10-8-9-13(17(21-4)11(10)2)16(20-3)12-6-5-7-14(18)15(12)19/h5-9,16,20H,1-4H3. The molecule has 1 N–H and O–H groups in total. The highest BCUT2D eigenvalue weighted by atomic mass is 19.2. The average Bonchev–Trinajstić information content (AvgIpc) is 2.48. The first-order valence-corrected chi connectivity index (χ1v) is 6.76. The smallest absolute Gasteiger partial charge is 0.163 e. The molecule has 21 heavy (non-hydrogen) atoms. The molecule has 2 aromatic carbocycles. The third-order valence-electron chi connectivity index (χ3n) is 3.80. The summed E-state index contributed by atoms with van der Waals surface area (Å²) in [6.07, 6.45) is 0. The molecule has 0 aliphatic rings. The second kappa shape index (κ2) is 6.22. The number of aryl methyl sites for hydroxylation is 1. The zero-order chi connectivity index (χ0) is 15.6. The Morgan fingerprint density at radius 2 is 1.76 bits per heavy atom. The molecule has 0 amide bonds. The van der Waals surface area contributed by atoms with Gasteiger partial charge in [-0.2, -0.15) is 0 Å². The quantitative estimate of drug-likeness (QED) is 0.922. The highest BCUT2D eigenvalue weighted by molar-refractivity contribution is 5.49. The van der Waals surface area contributed by atoms with Crippen LogP contribution in [-0.4, -0.2) is 14.2 Å². The van der Waals surface area contributed by atoms with Crippen LogP contribution in [0.25, 0.3) is 0 Å². The van der Waals surface area contributed by atoms with Gasteiger partial charge in [0.2, 0.25) is 0 Å². The lowest BCUT2D eigenvalue weighted by Crippen LogP contribution is -2.20. The van der Waals surface area contributed by atoms with Gasteiger partial charge in [0, 0.05) is 11.1 Å². The van der Waals surface area contributed by atoms with E-state index in [9.17, 15) is 8.78 Å². The summed E-state index contributed by atoms with van der Waals surface area (Å²) in [5.41, 5.74) is 3.13. The Hall–Kier alpha value is -1.94. The van der Waals surface area contributed by atoms with E-state index in [1.165, 1.54) is 6.07 Å². The first-order chi connectivity index (χ1) is 10.0. The number of nitrogens with one attached hydrogen (secondary N) is 1. The lowest BCUT2D eigenvalue weighted by molar-refractivity contribution is 0.400. The minimum Gasteiger partial charge on any atom is -0.496 e. The van der Waals surface area contributed by atoms with Crippen LogP contribution in [0.3, 0.4) is 0 Å². The monoisotopic (exact) mass is 291 g/mol. The molecule has 0 saturated carbocycles. The van der Waals surface area contributed by atoms with Crippen LogP contribution in [0.4, 0.5) is 8.78 Å². The van der Waals surface area contributed by atoms with Crippen molar-refractivity contribution in [1.82, 2.24) is 5.32 Å². The number of halogens is 2. The van der Waals surface area contributed by atoms with Crippen molar-refractivity contribution in [2.45, 2.75) is 19.9 Å². The first-order valence-electron chi connectivity index (χ1n) is 6.76. The summed E-state index contributed by atoms with van der Waals surface area (Å²) < 4.78 is 33.0. The molecule has 0 spiro atoms. The Balaban J connectivity index is 2.62. The summed E-state index contributed by atoms with van der Waals surface area (Å²) in [4.78, 5) is 0. The van der Waals surface area contributed by atoms with E-state index >= 15 is 0 Å². The SMILES string of the molecule is CNC(c1cccc(F)c1F)c1ccc(C)c(C)c1OC. The van der Waals surface area contributed by atoms with Gasteiger partial charge in [-0.15, -0.1) is 0 Å². The molecule has 0 aliphatic heterocycles. The van der Waals surface area contributed by atoms with Gasteiger partial charge in [0.1, 0.15) is 5.75 Å². The topological polar surface area (TPSA) is 21.3 Å². The Labute approximate surface area is 123 Å². The maximum atomic E-state index is 14.1. The summed E-state index contributed by atoms with van der Waals surface area (Å²) in [6.45, 7) is 3.94. The number of benzene rings is 2. The van der Waals surface area contributed by atoms with Gasteiger partial charge in [-0.3, -0.25) is 0 Å². The van der Waals surface area contributed by atoms with Crippen molar-refractivity contribution >= 4 is 0 Å². The van der Waals surface area contributed by atoms with Crippen LogP contribution >= 0.6 is 0 Å². The fourth-order valence-electron chi connectivity index (χ4n) is 2.53. The number of hydrogen-bond donors (Lipinski definition) is 1. The number of ether oxygens (including phenoxy) is 1. The number of methoxy groups -OCH3 is 1. The van der Waals surface area contributed by atoms with Gasteiger partial charge in [0.05, 0.1) is 13.2 Å². The van der Waals surface area contributed by atoms with E-state index in [1.54, 1.807) is 20.2 Å². The second-order valence-electron chi connectivity index (χ2n) is 4.99. The lowest BCUT2D eigenvalue weighted by atomic mass is 9.94. The zero-order valence-electron chi connectivity index (χ0n) is 12.6. The van der Waals surface area contributed by atoms with E-state index in [2.05, 4.69) is 5.32 Å². The molecule has 2 nitrogen and oxygen atoms in total. The molecule has 1 atom stereocenters. The summed E-state index contributed by atoms with van der Waals surface area (Å²) >= 11 is 0. The normalized spacial score (nSPS) is 12.3. The van der Waals surface area contributed by atoms with Crippen molar-refractivity contribution in [2.24, 2.45) is 0 Å². The van der Waals surface area contributed by atoms with Gasteiger partial charge in [-0.1, -0.05) is 24.3 Å². The highest BCUT2D eigenvalue weighted by Crippen LogP contribution is 2.35. The molecular formula is C17H19F2NO. The van der Waals surface area contributed by atoms with Gasteiger partial charge < -0.3 is 10.1 Å². The third kappa shape index (κ3) is 2.76. The van der Waals surface area contributed by atoms with Crippen molar-refractivity contribution in [3.63, 3.8) is 0 Å².